The minimum absolute atomic E-state index is 0.262. The quantitative estimate of drug-likeness (QED) is 0.634. The number of halogens is 2. The van der Waals surface area contributed by atoms with Crippen molar-refractivity contribution in [1.29, 1.82) is 0 Å². The third kappa shape index (κ3) is 4.30. The van der Waals surface area contributed by atoms with E-state index in [9.17, 15) is 4.39 Å². The van der Waals surface area contributed by atoms with E-state index in [1.807, 2.05) is 12.1 Å². The van der Waals surface area contributed by atoms with E-state index < -0.39 is 0 Å². The largest absolute Gasteiger partial charge is 0.493 e. The van der Waals surface area contributed by atoms with Gasteiger partial charge in [-0.25, -0.2) is 4.39 Å². The molecule has 0 unspecified atom stereocenters. The van der Waals surface area contributed by atoms with Gasteiger partial charge in [0.1, 0.15) is 17.4 Å². The summed E-state index contributed by atoms with van der Waals surface area (Å²) in [5.74, 6) is 0.968. The standard InChI is InChI=1S/C19H19BrFNO2S/c1-23-17-11-14(19(25)22-8-2-3-9-22)10-16(20)18(17)24-12-13-4-6-15(21)7-5-13/h4-7,10-11H,2-3,8-9,12H2,1H3. The summed E-state index contributed by atoms with van der Waals surface area (Å²) in [6.07, 6.45) is 2.36. The van der Waals surface area contributed by atoms with Crippen molar-refractivity contribution in [3.8, 4) is 11.5 Å². The molecule has 0 amide bonds. The Kier molecular flexibility index (Phi) is 5.91. The number of rotatable bonds is 5. The average Bonchev–Trinajstić information content (AvgIpc) is 3.15. The van der Waals surface area contributed by atoms with Gasteiger partial charge in [0, 0.05) is 18.7 Å². The number of ether oxygens (including phenoxy) is 2. The van der Waals surface area contributed by atoms with Crippen LogP contribution in [0.1, 0.15) is 24.0 Å². The third-order valence-electron chi connectivity index (χ3n) is 4.17. The van der Waals surface area contributed by atoms with Gasteiger partial charge in [0.2, 0.25) is 0 Å². The Hall–Kier alpha value is -1.66. The zero-order valence-corrected chi connectivity index (χ0v) is 16.3. The molecule has 2 aromatic rings. The highest BCUT2D eigenvalue weighted by molar-refractivity contribution is 9.10. The van der Waals surface area contributed by atoms with Gasteiger partial charge in [-0.3, -0.25) is 0 Å². The lowest BCUT2D eigenvalue weighted by atomic mass is 10.2. The molecule has 1 aliphatic rings. The molecule has 6 heteroatoms. The molecule has 2 aromatic carbocycles. The molecule has 0 atom stereocenters. The van der Waals surface area contributed by atoms with Crippen molar-refractivity contribution in [3.63, 3.8) is 0 Å². The summed E-state index contributed by atoms with van der Waals surface area (Å²) in [4.78, 5) is 3.05. The van der Waals surface area contributed by atoms with Crippen molar-refractivity contribution >= 4 is 33.1 Å². The highest BCUT2D eigenvalue weighted by Gasteiger charge is 2.19. The fraction of sp³-hybridized carbons (Fsp3) is 0.316. The molecular formula is C19H19BrFNO2S. The summed E-state index contributed by atoms with van der Waals surface area (Å²) in [7, 11) is 1.61. The summed E-state index contributed by atoms with van der Waals surface area (Å²) in [5.41, 5.74) is 1.82. The topological polar surface area (TPSA) is 21.7 Å². The van der Waals surface area contributed by atoms with Crippen LogP contribution in [-0.2, 0) is 6.61 Å². The van der Waals surface area contributed by atoms with Gasteiger partial charge in [-0.1, -0.05) is 24.4 Å². The maximum Gasteiger partial charge on any atom is 0.175 e. The number of hydrogen-bond donors (Lipinski definition) is 0. The van der Waals surface area contributed by atoms with Crippen LogP contribution in [-0.4, -0.2) is 30.1 Å². The second-order valence-electron chi connectivity index (χ2n) is 5.90. The monoisotopic (exact) mass is 423 g/mol. The van der Waals surface area contributed by atoms with Gasteiger partial charge < -0.3 is 14.4 Å². The van der Waals surface area contributed by atoms with Crippen LogP contribution >= 0.6 is 28.1 Å². The van der Waals surface area contributed by atoms with Crippen LogP contribution in [0.15, 0.2) is 40.9 Å². The van der Waals surface area contributed by atoms with E-state index in [0.717, 1.165) is 33.7 Å². The Balaban J connectivity index is 1.79. The van der Waals surface area contributed by atoms with Crippen molar-refractivity contribution in [2.75, 3.05) is 20.2 Å². The van der Waals surface area contributed by atoms with Gasteiger partial charge in [0.25, 0.3) is 0 Å². The molecule has 0 aromatic heterocycles. The summed E-state index contributed by atoms with van der Waals surface area (Å²) < 4.78 is 25.2. The first-order chi connectivity index (χ1) is 12.1. The molecule has 0 aliphatic carbocycles. The Morgan fingerprint density at radius 1 is 1.20 bits per heavy atom. The molecule has 3 rings (SSSR count). The molecule has 0 radical (unpaired) electrons. The minimum Gasteiger partial charge on any atom is -0.493 e. The first kappa shape index (κ1) is 18.1. The van der Waals surface area contributed by atoms with Gasteiger partial charge >= 0.3 is 0 Å². The van der Waals surface area contributed by atoms with Crippen molar-refractivity contribution in [2.24, 2.45) is 0 Å². The maximum absolute atomic E-state index is 13.0. The van der Waals surface area contributed by atoms with E-state index in [4.69, 9.17) is 21.7 Å². The molecule has 1 fully saturated rings. The van der Waals surface area contributed by atoms with Gasteiger partial charge in [-0.2, -0.15) is 0 Å². The Bertz CT molecular complexity index is 761. The summed E-state index contributed by atoms with van der Waals surface area (Å²) >= 11 is 9.18. The molecule has 0 spiro atoms. The van der Waals surface area contributed by atoms with Crippen LogP contribution < -0.4 is 9.47 Å². The van der Waals surface area contributed by atoms with E-state index in [1.165, 1.54) is 25.0 Å². The predicted octanol–water partition coefficient (Wildman–Crippen LogP) is 4.95. The zero-order valence-electron chi connectivity index (χ0n) is 13.9. The Morgan fingerprint density at radius 3 is 2.52 bits per heavy atom. The van der Waals surface area contributed by atoms with Crippen molar-refractivity contribution in [1.82, 2.24) is 4.90 Å². The first-order valence-electron chi connectivity index (χ1n) is 8.12. The second kappa shape index (κ2) is 8.15. The van der Waals surface area contributed by atoms with E-state index >= 15 is 0 Å². The zero-order chi connectivity index (χ0) is 17.8. The van der Waals surface area contributed by atoms with E-state index in [-0.39, 0.29) is 5.82 Å². The lowest BCUT2D eigenvalue weighted by Crippen LogP contribution is -2.26. The third-order valence-corrected chi connectivity index (χ3v) is 5.25. The Morgan fingerprint density at radius 2 is 1.88 bits per heavy atom. The van der Waals surface area contributed by atoms with Crippen molar-refractivity contribution in [3.05, 3.63) is 57.8 Å². The van der Waals surface area contributed by atoms with Gasteiger partial charge in [0.05, 0.1) is 11.6 Å². The number of benzene rings is 2. The lowest BCUT2D eigenvalue weighted by Gasteiger charge is -2.20. The van der Waals surface area contributed by atoms with E-state index in [0.29, 0.717) is 18.1 Å². The molecule has 3 nitrogen and oxygen atoms in total. The van der Waals surface area contributed by atoms with Crippen molar-refractivity contribution in [2.45, 2.75) is 19.4 Å². The molecule has 1 aliphatic heterocycles. The number of nitrogens with zero attached hydrogens (tertiary/aromatic N) is 1. The molecule has 0 saturated carbocycles. The number of thiocarbonyl (C=S) groups is 1. The molecule has 1 heterocycles. The van der Waals surface area contributed by atoms with Crippen LogP contribution in [0, 0.1) is 5.82 Å². The number of likely N-dealkylation sites (tertiary alicyclic amines) is 1. The van der Waals surface area contributed by atoms with E-state index in [1.54, 1.807) is 19.2 Å². The number of methoxy groups -OCH3 is 1. The first-order valence-corrected chi connectivity index (χ1v) is 9.32. The lowest BCUT2D eigenvalue weighted by molar-refractivity contribution is 0.282. The predicted molar refractivity (Wildman–Crippen MR) is 104 cm³/mol. The second-order valence-corrected chi connectivity index (χ2v) is 7.14. The fourth-order valence-corrected chi connectivity index (χ4v) is 3.68. The van der Waals surface area contributed by atoms with Gasteiger partial charge in [-0.05, 0) is 58.6 Å². The van der Waals surface area contributed by atoms with Crippen LogP contribution in [0.3, 0.4) is 0 Å². The average molecular weight is 424 g/mol. The fourth-order valence-electron chi connectivity index (χ4n) is 2.82. The molecule has 25 heavy (non-hydrogen) atoms. The van der Waals surface area contributed by atoms with Gasteiger partial charge in [0.15, 0.2) is 11.5 Å². The smallest absolute Gasteiger partial charge is 0.175 e. The van der Waals surface area contributed by atoms with Crippen LogP contribution in [0.5, 0.6) is 11.5 Å². The van der Waals surface area contributed by atoms with E-state index in [2.05, 4.69) is 20.8 Å². The minimum atomic E-state index is -0.262. The summed E-state index contributed by atoms with van der Waals surface area (Å²) in [5, 5.41) is 0. The highest BCUT2D eigenvalue weighted by atomic mass is 79.9. The SMILES string of the molecule is COc1cc(C(=S)N2CCCC2)cc(Br)c1OCc1ccc(F)cc1. The van der Waals surface area contributed by atoms with Crippen molar-refractivity contribution < 1.29 is 13.9 Å². The molecule has 0 N–H and O–H groups in total. The summed E-state index contributed by atoms with van der Waals surface area (Å²) in [6.45, 7) is 2.33. The highest BCUT2D eigenvalue weighted by Crippen LogP contribution is 2.37. The summed E-state index contributed by atoms with van der Waals surface area (Å²) in [6, 6.07) is 10.1. The maximum atomic E-state index is 13.0. The van der Waals surface area contributed by atoms with Gasteiger partial charge in [-0.15, -0.1) is 0 Å². The number of hydrogen-bond acceptors (Lipinski definition) is 3. The molecule has 0 bridgehead atoms. The normalized spacial score (nSPS) is 13.8. The molecule has 1 saturated heterocycles. The molecular weight excluding hydrogens is 405 g/mol. The Labute approximate surface area is 160 Å². The van der Waals surface area contributed by atoms with Crippen LogP contribution in [0.2, 0.25) is 0 Å². The van der Waals surface area contributed by atoms with Crippen LogP contribution in [0.4, 0.5) is 4.39 Å². The molecule has 132 valence electrons. The van der Waals surface area contributed by atoms with Crippen LogP contribution in [0.25, 0.3) is 0 Å².